The summed E-state index contributed by atoms with van der Waals surface area (Å²) in [5.41, 5.74) is 0.698. The van der Waals surface area contributed by atoms with Crippen molar-refractivity contribution < 1.29 is 13.5 Å². The van der Waals surface area contributed by atoms with Gasteiger partial charge in [-0.05, 0) is 44.4 Å². The highest BCUT2D eigenvalue weighted by atomic mass is 127. The third-order valence-electron chi connectivity index (χ3n) is 4.92. The standard InChI is InChI=1S/C20H32F2N4O.HI/c1-5-23-19(25-14-20(3,4)26-8-10-27-11-9-26)24-13-15(2)16-6-7-17(21)18(22)12-16;/h6-7,12,15H,5,8-11,13-14H2,1-4H3,(H2,23,24,25);1H. The SMILES string of the molecule is CCNC(=NCC(C)(C)N1CCOCC1)NCC(C)c1ccc(F)c(F)c1.I. The van der Waals surface area contributed by atoms with E-state index < -0.39 is 11.6 Å². The van der Waals surface area contributed by atoms with Crippen molar-refractivity contribution in [2.24, 2.45) is 4.99 Å². The van der Waals surface area contributed by atoms with E-state index in [9.17, 15) is 8.78 Å². The van der Waals surface area contributed by atoms with Gasteiger partial charge in [-0.3, -0.25) is 9.89 Å². The second-order valence-electron chi connectivity index (χ2n) is 7.56. The zero-order valence-electron chi connectivity index (χ0n) is 17.2. The molecule has 0 spiro atoms. The van der Waals surface area contributed by atoms with Crippen LogP contribution in [0, 0.1) is 11.6 Å². The minimum Gasteiger partial charge on any atom is -0.379 e. The van der Waals surface area contributed by atoms with Crippen molar-refractivity contribution in [2.75, 3.05) is 45.9 Å². The van der Waals surface area contributed by atoms with E-state index in [4.69, 9.17) is 9.73 Å². The molecule has 2 N–H and O–H groups in total. The van der Waals surface area contributed by atoms with Crippen molar-refractivity contribution in [3.8, 4) is 0 Å². The number of benzene rings is 1. The van der Waals surface area contributed by atoms with Crippen LogP contribution in [0.1, 0.15) is 39.2 Å². The molecule has 160 valence electrons. The van der Waals surface area contributed by atoms with Crippen LogP contribution in [0.4, 0.5) is 8.78 Å². The average molecular weight is 510 g/mol. The lowest BCUT2D eigenvalue weighted by Crippen LogP contribution is -2.52. The van der Waals surface area contributed by atoms with E-state index in [0.717, 1.165) is 44.4 Å². The van der Waals surface area contributed by atoms with Crippen LogP contribution in [0.25, 0.3) is 0 Å². The Morgan fingerprint density at radius 3 is 2.50 bits per heavy atom. The summed E-state index contributed by atoms with van der Waals surface area (Å²) in [7, 11) is 0. The van der Waals surface area contributed by atoms with Crippen molar-refractivity contribution in [3.63, 3.8) is 0 Å². The molecule has 8 heteroatoms. The summed E-state index contributed by atoms with van der Waals surface area (Å²) in [5, 5.41) is 6.56. The first kappa shape index (κ1) is 25.0. The number of guanidine groups is 1. The highest BCUT2D eigenvalue weighted by molar-refractivity contribution is 14.0. The van der Waals surface area contributed by atoms with Gasteiger partial charge in [0, 0.05) is 31.7 Å². The van der Waals surface area contributed by atoms with E-state index >= 15 is 0 Å². The van der Waals surface area contributed by atoms with Gasteiger partial charge in [0.1, 0.15) is 0 Å². The summed E-state index contributed by atoms with van der Waals surface area (Å²) in [6.45, 7) is 13.7. The molecule has 5 nitrogen and oxygen atoms in total. The molecule has 1 atom stereocenters. The Hall–Kier alpha value is -1.00. The third-order valence-corrected chi connectivity index (χ3v) is 4.92. The van der Waals surface area contributed by atoms with Gasteiger partial charge in [0.15, 0.2) is 17.6 Å². The number of hydrogen-bond acceptors (Lipinski definition) is 3. The van der Waals surface area contributed by atoms with Gasteiger partial charge in [-0.15, -0.1) is 24.0 Å². The van der Waals surface area contributed by atoms with Gasteiger partial charge >= 0.3 is 0 Å². The Labute approximate surface area is 184 Å². The Balaban J connectivity index is 0.00000392. The molecule has 1 aliphatic rings. The Bertz CT molecular complexity index is 637. The molecular weight excluding hydrogens is 477 g/mol. The van der Waals surface area contributed by atoms with Gasteiger partial charge < -0.3 is 15.4 Å². The Morgan fingerprint density at radius 2 is 1.89 bits per heavy atom. The molecule has 28 heavy (non-hydrogen) atoms. The van der Waals surface area contributed by atoms with Crippen LogP contribution >= 0.6 is 24.0 Å². The molecule has 0 amide bonds. The van der Waals surface area contributed by atoms with Crippen LogP contribution in [0.3, 0.4) is 0 Å². The first-order valence-corrected chi connectivity index (χ1v) is 9.63. The Kier molecular flexibility index (Phi) is 10.6. The summed E-state index contributed by atoms with van der Waals surface area (Å²) < 4.78 is 32.0. The summed E-state index contributed by atoms with van der Waals surface area (Å²) >= 11 is 0. The molecule has 0 radical (unpaired) electrons. The molecule has 1 unspecified atom stereocenters. The van der Waals surface area contributed by atoms with E-state index in [1.807, 2.05) is 13.8 Å². The van der Waals surface area contributed by atoms with Crippen LogP contribution in [0.5, 0.6) is 0 Å². The molecule has 1 aliphatic heterocycles. The molecule has 1 aromatic rings. The molecule has 1 saturated heterocycles. The summed E-state index contributed by atoms with van der Waals surface area (Å²) in [4.78, 5) is 7.13. The second kappa shape index (κ2) is 11.9. The first-order valence-electron chi connectivity index (χ1n) is 9.63. The predicted octanol–water partition coefficient (Wildman–Crippen LogP) is 3.35. The van der Waals surface area contributed by atoms with Crippen molar-refractivity contribution >= 4 is 29.9 Å². The number of rotatable bonds is 7. The van der Waals surface area contributed by atoms with E-state index in [1.165, 1.54) is 12.1 Å². The summed E-state index contributed by atoms with van der Waals surface area (Å²) in [6.07, 6.45) is 0. The van der Waals surface area contributed by atoms with Crippen molar-refractivity contribution in [2.45, 2.75) is 39.2 Å². The van der Waals surface area contributed by atoms with Gasteiger partial charge in [0.2, 0.25) is 0 Å². The number of halogens is 3. The maximum absolute atomic E-state index is 13.4. The smallest absolute Gasteiger partial charge is 0.191 e. The zero-order chi connectivity index (χ0) is 19.9. The lowest BCUT2D eigenvalue weighted by Gasteiger charge is -2.40. The first-order chi connectivity index (χ1) is 12.8. The topological polar surface area (TPSA) is 48.9 Å². The molecule has 1 fully saturated rings. The number of aliphatic imine (C=N–C) groups is 1. The number of nitrogens with one attached hydrogen (secondary N) is 2. The lowest BCUT2D eigenvalue weighted by atomic mass is 10.0. The number of ether oxygens (including phenoxy) is 1. The maximum atomic E-state index is 13.4. The van der Waals surface area contributed by atoms with Crippen LogP contribution in [-0.4, -0.2) is 62.3 Å². The molecule has 2 rings (SSSR count). The van der Waals surface area contributed by atoms with Gasteiger partial charge in [-0.25, -0.2) is 8.78 Å². The largest absolute Gasteiger partial charge is 0.379 e. The summed E-state index contributed by atoms with van der Waals surface area (Å²) in [5.74, 6) is -0.879. The van der Waals surface area contributed by atoms with E-state index in [0.29, 0.717) is 13.1 Å². The van der Waals surface area contributed by atoms with Crippen LogP contribution < -0.4 is 10.6 Å². The molecule has 1 aromatic carbocycles. The lowest BCUT2D eigenvalue weighted by molar-refractivity contribution is -0.00683. The van der Waals surface area contributed by atoms with E-state index in [-0.39, 0.29) is 35.4 Å². The molecule has 0 aromatic heterocycles. The van der Waals surface area contributed by atoms with Crippen molar-refractivity contribution in [1.29, 1.82) is 0 Å². The average Bonchev–Trinajstić information content (AvgIpc) is 2.66. The van der Waals surface area contributed by atoms with E-state index in [1.54, 1.807) is 6.07 Å². The fourth-order valence-electron chi connectivity index (χ4n) is 3.07. The monoisotopic (exact) mass is 510 g/mol. The van der Waals surface area contributed by atoms with Gasteiger partial charge in [0.25, 0.3) is 0 Å². The molecule has 0 bridgehead atoms. The number of hydrogen-bond donors (Lipinski definition) is 2. The van der Waals surface area contributed by atoms with Crippen molar-refractivity contribution in [3.05, 3.63) is 35.4 Å². The van der Waals surface area contributed by atoms with Gasteiger partial charge in [-0.1, -0.05) is 13.0 Å². The molecule has 0 saturated carbocycles. The second-order valence-corrected chi connectivity index (χ2v) is 7.56. The van der Waals surface area contributed by atoms with E-state index in [2.05, 4.69) is 29.4 Å². The van der Waals surface area contributed by atoms with Gasteiger partial charge in [0.05, 0.1) is 19.8 Å². The summed E-state index contributed by atoms with van der Waals surface area (Å²) in [6, 6.07) is 4.05. The number of morpholine rings is 1. The van der Waals surface area contributed by atoms with Crippen molar-refractivity contribution in [1.82, 2.24) is 15.5 Å². The Morgan fingerprint density at radius 1 is 1.21 bits per heavy atom. The van der Waals surface area contributed by atoms with Crippen LogP contribution in [-0.2, 0) is 4.74 Å². The minimum absolute atomic E-state index is 0. The normalized spacial score (nSPS) is 17.0. The fraction of sp³-hybridized carbons (Fsp3) is 0.650. The fourth-order valence-corrected chi connectivity index (χ4v) is 3.07. The zero-order valence-corrected chi connectivity index (χ0v) is 19.6. The predicted molar refractivity (Wildman–Crippen MR) is 121 cm³/mol. The quantitative estimate of drug-likeness (QED) is 0.336. The molecule has 0 aliphatic carbocycles. The number of nitrogens with zero attached hydrogens (tertiary/aromatic N) is 2. The van der Waals surface area contributed by atoms with Crippen LogP contribution in [0.15, 0.2) is 23.2 Å². The highest BCUT2D eigenvalue weighted by Crippen LogP contribution is 2.18. The third kappa shape index (κ3) is 7.44. The van der Waals surface area contributed by atoms with Gasteiger partial charge in [-0.2, -0.15) is 0 Å². The van der Waals surface area contributed by atoms with Crippen LogP contribution in [0.2, 0.25) is 0 Å². The molecular formula is C20H33F2IN4O. The minimum atomic E-state index is -0.820. The highest BCUT2D eigenvalue weighted by Gasteiger charge is 2.28. The maximum Gasteiger partial charge on any atom is 0.191 e. The molecule has 1 heterocycles.